The van der Waals surface area contributed by atoms with Crippen molar-refractivity contribution < 1.29 is 9.47 Å². The lowest BCUT2D eigenvalue weighted by Crippen LogP contribution is -2.18. The van der Waals surface area contributed by atoms with Crippen molar-refractivity contribution in [1.29, 1.82) is 10.5 Å². The second kappa shape index (κ2) is 10.3. The number of nitrogens with zero attached hydrogens (tertiary/aromatic N) is 2. The number of nitriles is 2. The van der Waals surface area contributed by atoms with Crippen molar-refractivity contribution in [2.24, 2.45) is 0 Å². The second-order valence-corrected chi connectivity index (χ2v) is 8.40. The number of hydrogen-bond acceptors (Lipinski definition) is 6. The summed E-state index contributed by atoms with van der Waals surface area (Å²) in [6.45, 7) is 4.36. The molecule has 4 aromatic rings. The lowest BCUT2D eigenvalue weighted by atomic mass is 9.78. The third-order valence-corrected chi connectivity index (χ3v) is 5.73. The van der Waals surface area contributed by atoms with Gasteiger partial charge in [-0.2, -0.15) is 10.5 Å². The molecule has 0 amide bonds. The summed E-state index contributed by atoms with van der Waals surface area (Å²) >= 11 is 0. The van der Waals surface area contributed by atoms with E-state index in [0.29, 0.717) is 11.5 Å². The van der Waals surface area contributed by atoms with Crippen LogP contribution in [0.25, 0.3) is 0 Å². The maximum Gasteiger partial charge on any atom is 0.181 e. The Morgan fingerprint density at radius 1 is 0.514 bits per heavy atom. The van der Waals surface area contributed by atoms with Crippen LogP contribution < -0.4 is 20.1 Å². The van der Waals surface area contributed by atoms with Crippen LogP contribution in [0.15, 0.2) is 97.1 Å². The Balaban J connectivity index is 1.42. The maximum atomic E-state index is 8.69. The smallest absolute Gasteiger partial charge is 0.181 e. The van der Waals surface area contributed by atoms with E-state index < -0.39 is 0 Å². The van der Waals surface area contributed by atoms with Crippen LogP contribution in [0.3, 0.4) is 0 Å². The first kappa shape index (κ1) is 23.2. The molecule has 0 aliphatic carbocycles. The molecular formula is C29H24N4O2. The van der Waals surface area contributed by atoms with Gasteiger partial charge in [0.15, 0.2) is 12.4 Å². The average molecular weight is 461 g/mol. The first-order valence-electron chi connectivity index (χ1n) is 11.0. The Morgan fingerprint density at radius 2 is 0.800 bits per heavy atom. The number of anilines is 2. The summed E-state index contributed by atoms with van der Waals surface area (Å²) in [7, 11) is 0. The van der Waals surface area contributed by atoms with Gasteiger partial charge in [-0.3, -0.25) is 10.6 Å². The Kier molecular flexibility index (Phi) is 6.86. The molecule has 0 saturated heterocycles. The minimum atomic E-state index is -0.216. The standard InChI is InChI=1S/C29H24N4O2/c1-29(2,21-3-11-25(12-4-21)34-27-15-7-23(8-16-27)32-19-30)22-5-13-26(14-6-22)35-28-17-9-24(10-18-28)33-20-31/h3-18,32-33H,1-2H3. The van der Waals surface area contributed by atoms with Gasteiger partial charge in [-0.25, -0.2) is 0 Å². The van der Waals surface area contributed by atoms with E-state index in [1.165, 1.54) is 0 Å². The zero-order valence-corrected chi connectivity index (χ0v) is 19.4. The zero-order chi connectivity index (χ0) is 24.7. The average Bonchev–Trinajstić information content (AvgIpc) is 2.87. The highest BCUT2D eigenvalue weighted by Gasteiger charge is 2.23. The van der Waals surface area contributed by atoms with Crippen molar-refractivity contribution in [3.05, 3.63) is 108 Å². The molecule has 2 N–H and O–H groups in total. The van der Waals surface area contributed by atoms with Gasteiger partial charge in [0.25, 0.3) is 0 Å². The Labute approximate surface area is 205 Å². The fourth-order valence-corrected chi connectivity index (χ4v) is 3.66. The summed E-state index contributed by atoms with van der Waals surface area (Å²) in [5.41, 5.74) is 3.55. The van der Waals surface area contributed by atoms with Gasteiger partial charge in [0.2, 0.25) is 0 Å². The molecule has 0 spiro atoms. The quantitative estimate of drug-likeness (QED) is 0.211. The topological polar surface area (TPSA) is 90.1 Å². The molecule has 4 aromatic carbocycles. The molecule has 0 radical (unpaired) electrons. The fourth-order valence-electron chi connectivity index (χ4n) is 3.66. The first-order chi connectivity index (χ1) is 17.0. The summed E-state index contributed by atoms with van der Waals surface area (Å²) in [4.78, 5) is 0. The van der Waals surface area contributed by atoms with Gasteiger partial charge in [0, 0.05) is 16.8 Å². The molecule has 0 aromatic heterocycles. The number of benzene rings is 4. The van der Waals surface area contributed by atoms with Crippen LogP contribution in [0, 0.1) is 22.9 Å². The summed E-state index contributed by atoms with van der Waals surface area (Å²) < 4.78 is 11.9. The van der Waals surface area contributed by atoms with E-state index in [9.17, 15) is 0 Å². The van der Waals surface area contributed by atoms with Gasteiger partial charge in [-0.1, -0.05) is 38.1 Å². The summed E-state index contributed by atoms with van der Waals surface area (Å²) in [5.74, 6) is 2.88. The summed E-state index contributed by atoms with van der Waals surface area (Å²) in [5, 5.41) is 22.6. The normalized spacial score (nSPS) is 10.5. The van der Waals surface area contributed by atoms with Crippen molar-refractivity contribution >= 4 is 11.4 Å². The molecule has 0 fully saturated rings. The minimum absolute atomic E-state index is 0.216. The number of rotatable bonds is 8. The molecule has 0 heterocycles. The summed E-state index contributed by atoms with van der Waals surface area (Å²) in [6.07, 6.45) is 3.80. The molecule has 0 aliphatic rings. The molecule has 0 bridgehead atoms. The fraction of sp³-hybridized carbons (Fsp3) is 0.103. The van der Waals surface area contributed by atoms with Crippen LogP contribution in [0.4, 0.5) is 11.4 Å². The molecule has 0 atom stereocenters. The van der Waals surface area contributed by atoms with Gasteiger partial charge < -0.3 is 9.47 Å². The third-order valence-electron chi connectivity index (χ3n) is 5.73. The lowest BCUT2D eigenvalue weighted by molar-refractivity contribution is 0.481. The van der Waals surface area contributed by atoms with Crippen LogP contribution in [0.5, 0.6) is 23.0 Å². The van der Waals surface area contributed by atoms with Crippen molar-refractivity contribution in [3.8, 4) is 35.4 Å². The Hall–Kier alpha value is -4.94. The minimum Gasteiger partial charge on any atom is -0.457 e. The van der Waals surface area contributed by atoms with E-state index in [-0.39, 0.29) is 5.41 Å². The maximum absolute atomic E-state index is 8.69. The lowest BCUT2D eigenvalue weighted by Gasteiger charge is -2.26. The van der Waals surface area contributed by atoms with Gasteiger partial charge in [-0.05, 0) is 83.9 Å². The van der Waals surface area contributed by atoms with Crippen LogP contribution in [0.2, 0.25) is 0 Å². The van der Waals surface area contributed by atoms with Crippen LogP contribution in [-0.4, -0.2) is 0 Å². The van der Waals surface area contributed by atoms with E-state index in [0.717, 1.165) is 34.0 Å². The van der Waals surface area contributed by atoms with Crippen molar-refractivity contribution in [2.75, 3.05) is 10.6 Å². The third kappa shape index (κ3) is 5.71. The molecule has 0 saturated carbocycles. The zero-order valence-electron chi connectivity index (χ0n) is 19.4. The molecule has 35 heavy (non-hydrogen) atoms. The molecule has 0 aliphatic heterocycles. The molecule has 0 unspecified atom stereocenters. The highest BCUT2D eigenvalue weighted by atomic mass is 16.5. The first-order valence-corrected chi connectivity index (χ1v) is 11.0. The number of hydrogen-bond donors (Lipinski definition) is 2. The molecular weight excluding hydrogens is 436 g/mol. The predicted molar refractivity (Wildman–Crippen MR) is 137 cm³/mol. The van der Waals surface area contributed by atoms with Crippen molar-refractivity contribution in [1.82, 2.24) is 0 Å². The van der Waals surface area contributed by atoms with E-state index >= 15 is 0 Å². The monoisotopic (exact) mass is 460 g/mol. The van der Waals surface area contributed by atoms with Crippen molar-refractivity contribution in [2.45, 2.75) is 19.3 Å². The van der Waals surface area contributed by atoms with Gasteiger partial charge in [-0.15, -0.1) is 0 Å². The molecule has 4 rings (SSSR count). The molecule has 6 heteroatoms. The van der Waals surface area contributed by atoms with Crippen LogP contribution >= 0.6 is 0 Å². The van der Waals surface area contributed by atoms with Gasteiger partial charge in [0.05, 0.1) is 0 Å². The van der Waals surface area contributed by atoms with Crippen LogP contribution in [-0.2, 0) is 5.41 Å². The Morgan fingerprint density at radius 3 is 1.09 bits per heavy atom. The second-order valence-electron chi connectivity index (χ2n) is 8.40. The highest BCUT2D eigenvalue weighted by Crippen LogP contribution is 2.35. The molecule has 6 nitrogen and oxygen atoms in total. The Bertz CT molecular complexity index is 1240. The van der Waals surface area contributed by atoms with E-state index in [2.05, 4.69) is 48.7 Å². The predicted octanol–water partition coefficient (Wildman–Crippen LogP) is 7.38. The largest absolute Gasteiger partial charge is 0.457 e. The molecule has 172 valence electrons. The highest BCUT2D eigenvalue weighted by molar-refractivity contribution is 5.51. The van der Waals surface area contributed by atoms with E-state index in [1.54, 1.807) is 24.3 Å². The number of ether oxygens (including phenoxy) is 2. The SMILES string of the molecule is CC(C)(c1ccc(Oc2ccc(NC#N)cc2)cc1)c1ccc(Oc2ccc(NC#N)cc2)cc1. The number of nitrogens with one attached hydrogen (secondary N) is 2. The van der Waals surface area contributed by atoms with Crippen molar-refractivity contribution in [3.63, 3.8) is 0 Å². The van der Waals surface area contributed by atoms with E-state index in [4.69, 9.17) is 20.0 Å². The van der Waals surface area contributed by atoms with Gasteiger partial charge >= 0.3 is 0 Å². The van der Waals surface area contributed by atoms with Gasteiger partial charge in [0.1, 0.15) is 23.0 Å². The van der Waals surface area contributed by atoms with E-state index in [1.807, 2.05) is 60.9 Å². The van der Waals surface area contributed by atoms with Crippen LogP contribution in [0.1, 0.15) is 25.0 Å². The summed E-state index contributed by atoms with van der Waals surface area (Å²) in [6, 6.07) is 30.6.